The molecule has 140 valence electrons. The van der Waals surface area contributed by atoms with Crippen LogP contribution < -0.4 is 11.5 Å². The maximum atomic E-state index is 7.13. The van der Waals surface area contributed by atoms with Crippen LogP contribution in [0, 0.1) is 21.3 Å². The molecule has 0 fully saturated rings. The van der Waals surface area contributed by atoms with Gasteiger partial charge in [0.25, 0.3) is 0 Å². The van der Waals surface area contributed by atoms with Crippen LogP contribution in [0.15, 0.2) is 0 Å². The Morgan fingerprint density at radius 1 is 0.739 bits per heavy atom. The predicted octanol–water partition coefficient (Wildman–Crippen LogP) is 0.600. The topological polar surface area (TPSA) is 106 Å². The van der Waals surface area contributed by atoms with Gasteiger partial charge in [0.2, 0.25) is 0 Å². The molecule has 6 nitrogen and oxygen atoms in total. The van der Waals surface area contributed by atoms with Crippen LogP contribution in [0.3, 0.4) is 0 Å². The van der Waals surface area contributed by atoms with Gasteiger partial charge in [-0.25, -0.2) is 10.5 Å². The van der Waals surface area contributed by atoms with Gasteiger partial charge in [-0.3, -0.25) is 0 Å². The molecular formula is C14H32N6NiS2. The molecule has 0 saturated carbocycles. The van der Waals surface area contributed by atoms with Gasteiger partial charge in [0.15, 0.2) is 0 Å². The normalized spacial score (nSPS) is 7.91. The van der Waals surface area contributed by atoms with E-state index in [0.717, 1.165) is 52.4 Å². The largest absolute Gasteiger partial charge is 2.00 e. The first-order chi connectivity index (χ1) is 10.5. The molecule has 0 amide bonds. The fourth-order valence-electron chi connectivity index (χ4n) is 1.44. The van der Waals surface area contributed by atoms with Crippen molar-refractivity contribution in [3.05, 3.63) is 0 Å². The molecule has 0 unspecified atom stereocenters. The minimum atomic E-state index is 0. The molecule has 0 saturated heterocycles. The zero-order chi connectivity index (χ0) is 18.2. The predicted molar refractivity (Wildman–Crippen MR) is 99.6 cm³/mol. The Hall–Kier alpha value is -0.246. The van der Waals surface area contributed by atoms with Crippen LogP contribution in [0.5, 0.6) is 0 Å². The van der Waals surface area contributed by atoms with Gasteiger partial charge in [0, 0.05) is 26.2 Å². The zero-order valence-corrected chi connectivity index (χ0v) is 17.4. The smallest absolute Gasteiger partial charge is 0.696 e. The summed E-state index contributed by atoms with van der Waals surface area (Å²) in [6, 6.07) is 0. The molecule has 9 heteroatoms. The molecule has 0 radical (unpaired) electrons. The molecule has 0 aliphatic rings. The van der Waals surface area contributed by atoms with Crippen molar-refractivity contribution in [1.29, 1.82) is 10.5 Å². The second kappa shape index (κ2) is 37.8. The number of hydrogen-bond acceptors (Lipinski definition) is 8. The van der Waals surface area contributed by atoms with E-state index in [4.69, 9.17) is 22.0 Å². The summed E-state index contributed by atoms with van der Waals surface area (Å²) in [4.78, 5) is 4.61. The van der Waals surface area contributed by atoms with E-state index < -0.39 is 0 Å². The van der Waals surface area contributed by atoms with Crippen molar-refractivity contribution in [3.63, 3.8) is 0 Å². The van der Waals surface area contributed by atoms with E-state index in [1.54, 1.807) is 0 Å². The molecular weight excluding hydrogens is 375 g/mol. The van der Waals surface area contributed by atoms with Crippen LogP contribution in [0.1, 0.15) is 27.7 Å². The van der Waals surface area contributed by atoms with Crippen LogP contribution in [-0.2, 0) is 41.7 Å². The van der Waals surface area contributed by atoms with Crippen molar-refractivity contribution in [2.24, 2.45) is 11.5 Å². The van der Waals surface area contributed by atoms with Crippen molar-refractivity contribution in [1.82, 2.24) is 9.80 Å². The molecule has 0 bridgehead atoms. The Labute approximate surface area is 164 Å². The quantitative estimate of drug-likeness (QED) is 0.342. The third-order valence-electron chi connectivity index (χ3n) is 2.68. The first-order valence-corrected chi connectivity index (χ1v) is 8.21. The van der Waals surface area contributed by atoms with Gasteiger partial charge >= 0.3 is 16.5 Å². The van der Waals surface area contributed by atoms with E-state index in [1.165, 1.54) is 10.8 Å². The number of likely N-dealkylation sites (N-methyl/N-ethyl adjacent to an activating group) is 2. The van der Waals surface area contributed by atoms with Crippen molar-refractivity contribution < 1.29 is 16.5 Å². The van der Waals surface area contributed by atoms with Gasteiger partial charge in [0.1, 0.15) is 0 Å². The number of nitriles is 2. The molecule has 0 atom stereocenters. The molecule has 0 aliphatic heterocycles. The maximum Gasteiger partial charge on any atom is 2.00 e. The molecule has 0 heterocycles. The van der Waals surface area contributed by atoms with Crippen molar-refractivity contribution in [2.45, 2.75) is 27.7 Å². The summed E-state index contributed by atoms with van der Waals surface area (Å²) in [7, 11) is 0. The SMILES string of the molecule is CCN(CC)CCN.CCN(CC)CCN.N#C[S-].N#C[S-].[Ni+2]. The average molecular weight is 407 g/mol. The summed E-state index contributed by atoms with van der Waals surface area (Å²) < 4.78 is 0. The summed E-state index contributed by atoms with van der Waals surface area (Å²) in [5.41, 5.74) is 10.7. The summed E-state index contributed by atoms with van der Waals surface area (Å²) in [6.45, 7) is 16.7. The van der Waals surface area contributed by atoms with Gasteiger partial charge in [-0.15, -0.1) is 0 Å². The summed E-state index contributed by atoms with van der Waals surface area (Å²) in [6.07, 6.45) is 0. The fraction of sp³-hybridized carbons (Fsp3) is 0.857. The second-order valence-electron chi connectivity index (χ2n) is 3.81. The van der Waals surface area contributed by atoms with E-state index >= 15 is 0 Å². The van der Waals surface area contributed by atoms with Gasteiger partial charge in [0.05, 0.1) is 0 Å². The van der Waals surface area contributed by atoms with Crippen LogP contribution in [0.4, 0.5) is 0 Å². The minimum Gasteiger partial charge on any atom is -0.696 e. The number of nitrogens with zero attached hydrogens (tertiary/aromatic N) is 4. The molecule has 0 aromatic rings. The van der Waals surface area contributed by atoms with Crippen LogP contribution in [0.25, 0.3) is 0 Å². The van der Waals surface area contributed by atoms with E-state index in [9.17, 15) is 0 Å². The Kier molecular flexibility index (Phi) is 56.1. The minimum absolute atomic E-state index is 0. The molecule has 0 rings (SSSR count). The summed E-state index contributed by atoms with van der Waals surface area (Å²) in [5, 5.41) is 16.9. The van der Waals surface area contributed by atoms with E-state index in [2.05, 4.69) is 62.8 Å². The number of thiocyanates is 2. The Balaban J connectivity index is -0.0000000680. The molecule has 0 aromatic heterocycles. The Morgan fingerprint density at radius 2 is 0.913 bits per heavy atom. The first-order valence-electron chi connectivity index (χ1n) is 7.40. The van der Waals surface area contributed by atoms with E-state index in [0.29, 0.717) is 0 Å². The number of nitrogens with two attached hydrogens (primary N) is 2. The zero-order valence-electron chi connectivity index (χ0n) is 14.7. The monoisotopic (exact) mass is 406 g/mol. The Bertz CT molecular complexity index is 225. The van der Waals surface area contributed by atoms with Gasteiger partial charge in [-0.05, 0) is 26.2 Å². The number of hydrogen-bond donors (Lipinski definition) is 2. The van der Waals surface area contributed by atoms with E-state index in [-0.39, 0.29) is 16.5 Å². The third kappa shape index (κ3) is 44.9. The van der Waals surface area contributed by atoms with Crippen LogP contribution in [-0.4, -0.2) is 62.2 Å². The Morgan fingerprint density at radius 3 is 0.957 bits per heavy atom. The molecule has 0 spiro atoms. The van der Waals surface area contributed by atoms with Crippen LogP contribution >= 0.6 is 0 Å². The van der Waals surface area contributed by atoms with Crippen molar-refractivity contribution in [3.8, 4) is 10.8 Å². The van der Waals surface area contributed by atoms with Gasteiger partial charge in [-0.2, -0.15) is 0 Å². The van der Waals surface area contributed by atoms with Crippen molar-refractivity contribution in [2.75, 3.05) is 52.4 Å². The van der Waals surface area contributed by atoms with E-state index in [1.807, 2.05) is 0 Å². The maximum absolute atomic E-state index is 7.13. The fourth-order valence-corrected chi connectivity index (χ4v) is 1.44. The standard InChI is InChI=1S/2C6H16N2.2CHNS.Ni/c2*1-3-8(4-2)6-5-7;2*2-1-3;/h2*3-7H2,1-2H3;2*3H;/q;;;;+2/p-2. The van der Waals surface area contributed by atoms with Gasteiger partial charge < -0.3 is 46.5 Å². The van der Waals surface area contributed by atoms with Crippen molar-refractivity contribution >= 4 is 25.3 Å². The molecule has 0 aromatic carbocycles. The van der Waals surface area contributed by atoms with Gasteiger partial charge in [-0.1, -0.05) is 38.5 Å². The molecule has 0 aliphatic carbocycles. The first kappa shape index (κ1) is 34.2. The third-order valence-corrected chi connectivity index (χ3v) is 2.68. The molecule has 23 heavy (non-hydrogen) atoms. The average Bonchev–Trinajstić information content (AvgIpc) is 2.52. The summed E-state index contributed by atoms with van der Waals surface area (Å²) >= 11 is 7.40. The summed E-state index contributed by atoms with van der Waals surface area (Å²) in [5.74, 6) is 0. The van der Waals surface area contributed by atoms with Crippen LogP contribution in [0.2, 0.25) is 0 Å². The number of rotatable bonds is 8. The molecule has 4 N–H and O–H groups in total. The second-order valence-corrected chi connectivity index (χ2v) is 4.18.